The van der Waals surface area contributed by atoms with Crippen molar-refractivity contribution in [1.29, 1.82) is 0 Å². The van der Waals surface area contributed by atoms with Crippen molar-refractivity contribution in [2.24, 2.45) is 0 Å². The summed E-state index contributed by atoms with van der Waals surface area (Å²) in [4.78, 5) is 18.0. The first kappa shape index (κ1) is 22.6. The number of aryl methyl sites for hydroxylation is 2. The smallest absolute Gasteiger partial charge is 0.253 e. The van der Waals surface area contributed by atoms with Gasteiger partial charge in [-0.25, -0.2) is 0 Å². The van der Waals surface area contributed by atoms with Crippen molar-refractivity contribution in [3.8, 4) is 5.75 Å². The summed E-state index contributed by atoms with van der Waals surface area (Å²) in [5.74, 6) is 1.58. The van der Waals surface area contributed by atoms with E-state index >= 15 is 0 Å². The Balaban J connectivity index is 1.61. The fourth-order valence-electron chi connectivity index (χ4n) is 3.73. The number of ether oxygens (including phenoxy) is 1. The van der Waals surface area contributed by atoms with Gasteiger partial charge >= 0.3 is 0 Å². The molecule has 7 heteroatoms. The van der Waals surface area contributed by atoms with Gasteiger partial charge in [0.1, 0.15) is 11.5 Å². The highest BCUT2D eigenvalue weighted by atomic mass is 32.1. The highest BCUT2D eigenvalue weighted by molar-refractivity contribution is 7.80. The number of nitrogens with one attached hydrogen (secondary N) is 2. The fourth-order valence-corrected chi connectivity index (χ4v) is 3.93. The number of thiocarbonyl (C=S) groups is 1. The zero-order valence-electron chi connectivity index (χ0n) is 19.0. The Labute approximate surface area is 198 Å². The maximum absolute atomic E-state index is 13.0. The molecule has 33 heavy (non-hydrogen) atoms. The second-order valence-electron chi connectivity index (χ2n) is 8.04. The summed E-state index contributed by atoms with van der Waals surface area (Å²) in [6.45, 7) is 5.45. The van der Waals surface area contributed by atoms with Gasteiger partial charge in [0.15, 0.2) is 5.11 Å². The highest BCUT2D eigenvalue weighted by Gasteiger charge is 2.15. The molecule has 0 radical (unpaired) electrons. The van der Waals surface area contributed by atoms with E-state index in [0.717, 1.165) is 39.1 Å². The molecule has 6 nitrogen and oxygen atoms in total. The molecule has 2 aromatic heterocycles. The summed E-state index contributed by atoms with van der Waals surface area (Å²) in [6.07, 6.45) is 1.63. The molecule has 0 amide bonds. The third-order valence-corrected chi connectivity index (χ3v) is 6.21. The van der Waals surface area contributed by atoms with Gasteiger partial charge in [0.05, 0.1) is 32.0 Å². The first-order chi connectivity index (χ1) is 15.9. The van der Waals surface area contributed by atoms with Gasteiger partial charge in [0.2, 0.25) is 0 Å². The molecule has 0 saturated heterocycles. The first-order valence-corrected chi connectivity index (χ1v) is 11.2. The van der Waals surface area contributed by atoms with Gasteiger partial charge in [0.25, 0.3) is 5.56 Å². The number of H-pyrrole nitrogens is 1. The zero-order chi connectivity index (χ0) is 23.4. The highest BCUT2D eigenvalue weighted by Crippen LogP contribution is 2.20. The quantitative estimate of drug-likeness (QED) is 0.385. The van der Waals surface area contributed by atoms with E-state index in [1.165, 1.54) is 0 Å². The number of nitrogens with zero attached hydrogens (tertiary/aromatic N) is 1. The number of hydrogen-bond acceptors (Lipinski definition) is 4. The van der Waals surface area contributed by atoms with Crippen LogP contribution >= 0.6 is 12.2 Å². The molecule has 0 unspecified atom stereocenters. The SMILES string of the molecule is COc1ccc(CN(Cc2cc3ccc(C)c(C)c3[nH]c2=O)C(=S)NCc2ccco2)cc1. The average Bonchev–Trinajstić information content (AvgIpc) is 3.35. The second kappa shape index (κ2) is 9.92. The molecular weight excluding hydrogens is 434 g/mol. The third-order valence-electron chi connectivity index (χ3n) is 5.80. The number of aromatic amines is 1. The van der Waals surface area contributed by atoms with Gasteiger partial charge in [-0.2, -0.15) is 0 Å². The first-order valence-electron chi connectivity index (χ1n) is 10.7. The minimum atomic E-state index is -0.107. The van der Waals surface area contributed by atoms with Crippen LogP contribution < -0.4 is 15.6 Å². The lowest BCUT2D eigenvalue weighted by Gasteiger charge is -2.26. The molecule has 0 bridgehead atoms. The number of hydrogen-bond donors (Lipinski definition) is 2. The Morgan fingerprint density at radius 2 is 1.91 bits per heavy atom. The van der Waals surface area contributed by atoms with Crippen LogP contribution in [0.15, 0.2) is 70.1 Å². The Hall–Kier alpha value is -3.58. The minimum Gasteiger partial charge on any atom is -0.497 e. The third kappa shape index (κ3) is 5.26. The molecule has 170 valence electrons. The summed E-state index contributed by atoms with van der Waals surface area (Å²) in [5, 5.41) is 4.80. The van der Waals surface area contributed by atoms with Crippen molar-refractivity contribution in [3.05, 3.63) is 99.2 Å². The number of fused-ring (bicyclic) bond motifs is 1. The number of benzene rings is 2. The Bertz CT molecular complexity index is 1310. The molecular formula is C26H27N3O3S. The lowest BCUT2D eigenvalue weighted by molar-refractivity contribution is 0.391. The molecule has 4 aromatic rings. The van der Waals surface area contributed by atoms with E-state index in [2.05, 4.69) is 16.4 Å². The summed E-state index contributed by atoms with van der Waals surface area (Å²) in [6, 6.07) is 17.6. The van der Waals surface area contributed by atoms with Gasteiger partial charge in [-0.3, -0.25) is 4.79 Å². The number of furan rings is 1. The average molecular weight is 462 g/mol. The Morgan fingerprint density at radius 1 is 1.12 bits per heavy atom. The van der Waals surface area contributed by atoms with Crippen LogP contribution in [0.4, 0.5) is 0 Å². The monoisotopic (exact) mass is 461 g/mol. The number of methoxy groups -OCH3 is 1. The zero-order valence-corrected chi connectivity index (χ0v) is 19.8. The number of aromatic nitrogens is 1. The van der Waals surface area contributed by atoms with Crippen molar-refractivity contribution in [3.63, 3.8) is 0 Å². The van der Waals surface area contributed by atoms with E-state index in [-0.39, 0.29) is 5.56 Å². The summed E-state index contributed by atoms with van der Waals surface area (Å²) < 4.78 is 10.7. The maximum atomic E-state index is 13.0. The van der Waals surface area contributed by atoms with Crippen LogP contribution in [0.1, 0.15) is 28.0 Å². The molecule has 2 heterocycles. The van der Waals surface area contributed by atoms with Crippen LogP contribution in [0.2, 0.25) is 0 Å². The summed E-state index contributed by atoms with van der Waals surface area (Å²) >= 11 is 5.71. The standard InChI is InChI=1S/C26H27N3O3S/c1-17-6-9-20-13-21(25(30)28-24(20)18(17)2)16-29(15-19-7-10-22(31-3)11-8-19)26(33)27-14-23-5-4-12-32-23/h4-13H,14-16H2,1-3H3,(H,27,33)(H,28,30). The molecule has 0 spiro atoms. The van der Waals surface area contributed by atoms with E-state index in [1.807, 2.05) is 67.3 Å². The predicted octanol–water partition coefficient (Wildman–Crippen LogP) is 4.82. The molecule has 0 aliphatic carbocycles. The van der Waals surface area contributed by atoms with Crippen LogP contribution in [0.3, 0.4) is 0 Å². The van der Waals surface area contributed by atoms with Gasteiger partial charge in [-0.1, -0.05) is 24.3 Å². The van der Waals surface area contributed by atoms with Crippen LogP contribution in [0.25, 0.3) is 10.9 Å². The molecule has 0 aliphatic rings. The number of pyridine rings is 1. The van der Waals surface area contributed by atoms with E-state index in [9.17, 15) is 4.79 Å². The Kier molecular flexibility index (Phi) is 6.79. The van der Waals surface area contributed by atoms with Crippen molar-refractivity contribution in [2.75, 3.05) is 7.11 Å². The lowest BCUT2D eigenvalue weighted by atomic mass is 10.0. The van der Waals surface area contributed by atoms with Gasteiger partial charge in [-0.15, -0.1) is 0 Å². The topological polar surface area (TPSA) is 70.5 Å². The second-order valence-corrected chi connectivity index (χ2v) is 8.42. The van der Waals surface area contributed by atoms with Crippen molar-refractivity contribution < 1.29 is 9.15 Å². The number of rotatable bonds is 7. The van der Waals surface area contributed by atoms with E-state index in [0.29, 0.717) is 30.3 Å². The molecule has 2 aromatic carbocycles. The predicted molar refractivity (Wildman–Crippen MR) is 134 cm³/mol. The van der Waals surface area contributed by atoms with E-state index < -0.39 is 0 Å². The van der Waals surface area contributed by atoms with Crippen LogP contribution in [-0.4, -0.2) is 22.1 Å². The van der Waals surface area contributed by atoms with E-state index in [4.69, 9.17) is 21.4 Å². The minimum absolute atomic E-state index is 0.107. The fraction of sp³-hybridized carbons (Fsp3) is 0.231. The van der Waals surface area contributed by atoms with Crippen LogP contribution in [-0.2, 0) is 19.6 Å². The molecule has 4 rings (SSSR count). The van der Waals surface area contributed by atoms with Crippen LogP contribution in [0, 0.1) is 13.8 Å². The molecule has 0 saturated carbocycles. The molecule has 0 atom stereocenters. The van der Waals surface area contributed by atoms with Crippen LogP contribution in [0.5, 0.6) is 5.75 Å². The maximum Gasteiger partial charge on any atom is 0.253 e. The van der Waals surface area contributed by atoms with Gasteiger partial charge in [0, 0.05) is 12.1 Å². The molecule has 0 fully saturated rings. The lowest BCUT2D eigenvalue weighted by Crippen LogP contribution is -2.39. The van der Waals surface area contributed by atoms with Gasteiger partial charge < -0.3 is 24.4 Å². The van der Waals surface area contributed by atoms with Gasteiger partial charge in [-0.05, 0) is 78.5 Å². The van der Waals surface area contributed by atoms with E-state index in [1.54, 1.807) is 13.4 Å². The summed E-state index contributed by atoms with van der Waals surface area (Å²) in [7, 11) is 1.64. The Morgan fingerprint density at radius 3 is 2.61 bits per heavy atom. The molecule has 0 aliphatic heterocycles. The normalized spacial score (nSPS) is 10.9. The summed E-state index contributed by atoms with van der Waals surface area (Å²) in [5.41, 5.74) is 4.72. The molecule has 2 N–H and O–H groups in total. The van der Waals surface area contributed by atoms with Crippen molar-refractivity contribution in [1.82, 2.24) is 15.2 Å². The van der Waals surface area contributed by atoms with Crippen molar-refractivity contribution in [2.45, 2.75) is 33.5 Å². The van der Waals surface area contributed by atoms with Crippen molar-refractivity contribution >= 4 is 28.2 Å². The largest absolute Gasteiger partial charge is 0.497 e.